The number of amides is 1. The van der Waals surface area contributed by atoms with Crippen LogP contribution in [-0.2, 0) is 11.3 Å². The van der Waals surface area contributed by atoms with Crippen LogP contribution in [0.25, 0.3) is 0 Å². The minimum absolute atomic E-state index is 0.203. The van der Waals surface area contributed by atoms with Gasteiger partial charge >= 0.3 is 0 Å². The standard InChI is InChI=1S/C14H17NO2/c1-17-13-8-6-12(7-9-13)11-15-10-4-2-3-5-14(15)16/h2-3,6-9H,4-5,10-11H2,1H3. The maximum Gasteiger partial charge on any atom is 0.226 e. The lowest BCUT2D eigenvalue weighted by Crippen LogP contribution is -2.29. The van der Waals surface area contributed by atoms with Crippen molar-refractivity contribution in [3.63, 3.8) is 0 Å². The number of carbonyl (C=O) groups excluding carboxylic acids is 1. The van der Waals surface area contributed by atoms with Gasteiger partial charge in [0, 0.05) is 19.5 Å². The van der Waals surface area contributed by atoms with Crippen molar-refractivity contribution in [1.29, 1.82) is 0 Å². The van der Waals surface area contributed by atoms with Gasteiger partial charge in [0.05, 0.1) is 7.11 Å². The molecule has 90 valence electrons. The van der Waals surface area contributed by atoms with E-state index < -0.39 is 0 Å². The van der Waals surface area contributed by atoms with Gasteiger partial charge in [0.1, 0.15) is 5.75 Å². The molecule has 1 aromatic rings. The van der Waals surface area contributed by atoms with Crippen molar-refractivity contribution >= 4 is 5.91 Å². The van der Waals surface area contributed by atoms with Gasteiger partial charge in [-0.2, -0.15) is 0 Å². The summed E-state index contributed by atoms with van der Waals surface area (Å²) < 4.78 is 5.11. The summed E-state index contributed by atoms with van der Waals surface area (Å²) in [4.78, 5) is 13.7. The van der Waals surface area contributed by atoms with Gasteiger partial charge in [0.25, 0.3) is 0 Å². The Morgan fingerprint density at radius 2 is 2.00 bits per heavy atom. The molecular formula is C14H17NO2. The Bertz CT molecular complexity index is 409. The van der Waals surface area contributed by atoms with Gasteiger partial charge in [0.2, 0.25) is 5.91 Å². The van der Waals surface area contributed by atoms with Crippen LogP contribution in [0, 0.1) is 0 Å². The molecule has 0 saturated heterocycles. The summed E-state index contributed by atoms with van der Waals surface area (Å²) in [7, 11) is 1.65. The lowest BCUT2D eigenvalue weighted by Gasteiger charge is -2.20. The van der Waals surface area contributed by atoms with E-state index in [1.165, 1.54) is 0 Å². The summed E-state index contributed by atoms with van der Waals surface area (Å²) >= 11 is 0. The zero-order valence-electron chi connectivity index (χ0n) is 10.1. The van der Waals surface area contributed by atoms with Gasteiger partial charge in [-0.1, -0.05) is 24.3 Å². The van der Waals surface area contributed by atoms with Gasteiger partial charge < -0.3 is 9.64 Å². The summed E-state index contributed by atoms with van der Waals surface area (Å²) in [5, 5.41) is 0. The van der Waals surface area contributed by atoms with Crippen LogP contribution in [0.3, 0.4) is 0 Å². The van der Waals surface area contributed by atoms with Crippen LogP contribution in [0.5, 0.6) is 5.75 Å². The zero-order valence-corrected chi connectivity index (χ0v) is 10.1. The van der Waals surface area contributed by atoms with Crippen LogP contribution in [0.1, 0.15) is 18.4 Å². The first-order chi connectivity index (χ1) is 8.29. The molecule has 3 nitrogen and oxygen atoms in total. The van der Waals surface area contributed by atoms with Gasteiger partial charge in [-0.3, -0.25) is 4.79 Å². The Morgan fingerprint density at radius 3 is 2.71 bits per heavy atom. The second-order valence-electron chi connectivity index (χ2n) is 4.13. The summed E-state index contributed by atoms with van der Waals surface area (Å²) in [6.07, 6.45) is 5.50. The van der Waals surface area contributed by atoms with Crippen LogP contribution in [0.4, 0.5) is 0 Å². The van der Waals surface area contributed by atoms with E-state index in [4.69, 9.17) is 4.74 Å². The van der Waals surface area contributed by atoms with Crippen molar-refractivity contribution in [3.8, 4) is 5.75 Å². The first-order valence-electron chi connectivity index (χ1n) is 5.85. The average molecular weight is 231 g/mol. The number of carbonyl (C=O) groups is 1. The Balaban J connectivity index is 2.01. The quantitative estimate of drug-likeness (QED) is 0.747. The lowest BCUT2D eigenvalue weighted by atomic mass is 10.2. The zero-order chi connectivity index (χ0) is 12.1. The molecule has 0 saturated carbocycles. The molecule has 1 aliphatic rings. The molecule has 3 heteroatoms. The predicted octanol–water partition coefficient (Wildman–Crippen LogP) is 2.37. The molecule has 0 aromatic heterocycles. The third kappa shape index (κ3) is 3.09. The molecule has 0 bridgehead atoms. The fourth-order valence-electron chi connectivity index (χ4n) is 1.90. The van der Waals surface area contributed by atoms with Crippen molar-refractivity contribution in [2.24, 2.45) is 0 Å². The molecule has 1 aliphatic heterocycles. The van der Waals surface area contributed by atoms with Crippen LogP contribution in [0.2, 0.25) is 0 Å². The van der Waals surface area contributed by atoms with Crippen molar-refractivity contribution < 1.29 is 9.53 Å². The minimum atomic E-state index is 0.203. The fraction of sp³-hybridized carbons (Fsp3) is 0.357. The first kappa shape index (κ1) is 11.7. The largest absolute Gasteiger partial charge is 0.497 e. The minimum Gasteiger partial charge on any atom is -0.497 e. The SMILES string of the molecule is COc1ccc(CN2CCC=CCC2=O)cc1. The molecule has 0 aliphatic carbocycles. The third-order valence-electron chi connectivity index (χ3n) is 2.91. The molecule has 2 rings (SSSR count). The molecule has 17 heavy (non-hydrogen) atoms. The molecule has 0 fully saturated rings. The van der Waals surface area contributed by atoms with E-state index in [0.717, 1.165) is 24.3 Å². The number of hydrogen-bond acceptors (Lipinski definition) is 2. The fourth-order valence-corrected chi connectivity index (χ4v) is 1.90. The Kier molecular flexibility index (Phi) is 3.81. The molecule has 0 radical (unpaired) electrons. The Labute approximate surface area is 102 Å². The maximum absolute atomic E-state index is 11.8. The predicted molar refractivity (Wildman–Crippen MR) is 66.8 cm³/mol. The molecule has 0 unspecified atom stereocenters. The van der Waals surface area contributed by atoms with E-state index in [0.29, 0.717) is 13.0 Å². The highest BCUT2D eigenvalue weighted by molar-refractivity contribution is 5.78. The molecule has 1 aromatic carbocycles. The van der Waals surface area contributed by atoms with Crippen molar-refractivity contribution in [2.45, 2.75) is 19.4 Å². The number of nitrogens with zero attached hydrogens (tertiary/aromatic N) is 1. The normalized spacial score (nSPS) is 15.8. The van der Waals surface area contributed by atoms with Crippen LogP contribution >= 0.6 is 0 Å². The molecule has 1 amide bonds. The smallest absolute Gasteiger partial charge is 0.226 e. The van der Waals surface area contributed by atoms with E-state index >= 15 is 0 Å². The maximum atomic E-state index is 11.8. The molecular weight excluding hydrogens is 214 g/mol. The Morgan fingerprint density at radius 1 is 1.24 bits per heavy atom. The van der Waals surface area contributed by atoms with Crippen LogP contribution in [-0.4, -0.2) is 24.5 Å². The van der Waals surface area contributed by atoms with Gasteiger partial charge in [-0.15, -0.1) is 0 Å². The molecule has 0 N–H and O–H groups in total. The number of hydrogen-bond donors (Lipinski definition) is 0. The number of methoxy groups -OCH3 is 1. The van der Waals surface area contributed by atoms with Gasteiger partial charge in [-0.25, -0.2) is 0 Å². The first-order valence-corrected chi connectivity index (χ1v) is 5.85. The second-order valence-corrected chi connectivity index (χ2v) is 4.13. The number of benzene rings is 1. The topological polar surface area (TPSA) is 29.5 Å². The van der Waals surface area contributed by atoms with Crippen LogP contribution < -0.4 is 4.74 Å². The molecule has 1 heterocycles. The monoisotopic (exact) mass is 231 g/mol. The van der Waals surface area contributed by atoms with Gasteiger partial charge in [-0.05, 0) is 24.1 Å². The third-order valence-corrected chi connectivity index (χ3v) is 2.91. The Hall–Kier alpha value is -1.77. The average Bonchev–Trinajstić information content (AvgIpc) is 2.56. The van der Waals surface area contributed by atoms with E-state index in [9.17, 15) is 4.79 Å². The highest BCUT2D eigenvalue weighted by atomic mass is 16.5. The van der Waals surface area contributed by atoms with Crippen molar-refractivity contribution in [1.82, 2.24) is 4.90 Å². The summed E-state index contributed by atoms with van der Waals surface area (Å²) in [6, 6.07) is 7.86. The molecule has 0 spiro atoms. The summed E-state index contributed by atoms with van der Waals surface area (Å²) in [5.41, 5.74) is 1.14. The van der Waals surface area contributed by atoms with Gasteiger partial charge in [0.15, 0.2) is 0 Å². The van der Waals surface area contributed by atoms with Crippen molar-refractivity contribution in [2.75, 3.05) is 13.7 Å². The lowest BCUT2D eigenvalue weighted by molar-refractivity contribution is -0.130. The van der Waals surface area contributed by atoms with E-state index in [2.05, 4.69) is 6.08 Å². The molecule has 0 atom stereocenters. The number of rotatable bonds is 3. The number of ether oxygens (including phenoxy) is 1. The van der Waals surface area contributed by atoms with E-state index in [-0.39, 0.29) is 5.91 Å². The van der Waals surface area contributed by atoms with Crippen LogP contribution in [0.15, 0.2) is 36.4 Å². The van der Waals surface area contributed by atoms with E-state index in [1.807, 2.05) is 35.2 Å². The highest BCUT2D eigenvalue weighted by Gasteiger charge is 2.13. The highest BCUT2D eigenvalue weighted by Crippen LogP contribution is 2.14. The summed E-state index contributed by atoms with van der Waals surface area (Å²) in [5.74, 6) is 1.05. The summed E-state index contributed by atoms with van der Waals surface area (Å²) in [6.45, 7) is 1.49. The van der Waals surface area contributed by atoms with Crippen molar-refractivity contribution in [3.05, 3.63) is 42.0 Å². The van der Waals surface area contributed by atoms with E-state index in [1.54, 1.807) is 7.11 Å². The second kappa shape index (κ2) is 5.53.